The molecular formula is C39H36NO+. The van der Waals surface area contributed by atoms with Gasteiger partial charge in [0.2, 0.25) is 5.69 Å². The van der Waals surface area contributed by atoms with Gasteiger partial charge in [-0.3, -0.25) is 0 Å². The van der Waals surface area contributed by atoms with Crippen LogP contribution in [0.4, 0.5) is 0 Å². The Labute approximate surface area is 244 Å². The summed E-state index contributed by atoms with van der Waals surface area (Å²) in [4.78, 5) is 0. The molecule has 41 heavy (non-hydrogen) atoms. The van der Waals surface area contributed by atoms with Gasteiger partial charge in [-0.15, -0.1) is 0 Å². The second kappa shape index (κ2) is 9.59. The van der Waals surface area contributed by atoms with Gasteiger partial charge < -0.3 is 4.42 Å². The molecule has 0 unspecified atom stereocenters. The van der Waals surface area contributed by atoms with Crippen molar-refractivity contribution in [1.82, 2.24) is 0 Å². The third-order valence-electron chi connectivity index (χ3n) is 8.55. The summed E-state index contributed by atoms with van der Waals surface area (Å²) in [5, 5.41) is 6.93. The first-order valence-corrected chi connectivity index (χ1v) is 14.3. The number of hydrogen-bond donors (Lipinski definition) is 0. The van der Waals surface area contributed by atoms with Crippen molar-refractivity contribution in [1.29, 1.82) is 0 Å². The van der Waals surface area contributed by atoms with Crippen LogP contribution >= 0.6 is 0 Å². The van der Waals surface area contributed by atoms with Crippen LogP contribution in [0.5, 0.6) is 0 Å². The molecule has 2 heteroatoms. The molecule has 2 aromatic heterocycles. The first-order valence-electron chi connectivity index (χ1n) is 15.3. The summed E-state index contributed by atoms with van der Waals surface area (Å²) < 4.78 is 26.5. The van der Waals surface area contributed by atoms with Crippen molar-refractivity contribution in [3.63, 3.8) is 0 Å². The van der Waals surface area contributed by atoms with Crippen molar-refractivity contribution in [3.8, 4) is 22.4 Å². The highest BCUT2D eigenvalue weighted by Crippen LogP contribution is 2.42. The molecule has 2 nitrogen and oxygen atoms in total. The molecular weight excluding hydrogens is 498 g/mol. The standard InChI is InChI=1S/C39H36NO/c1-23(2)29-19-30(24(3)4)21-31(20-29)28-17-18-40(6)35(22-28)36-25(5)11-15-33-34-16-14-27-13-12-26-9-7-8-10-32(26)37(27)39(34)41-38(33)36/h7-24H,1-6H3/q+1/i23D,24D. The number of fused-ring (bicyclic) bond motifs is 7. The number of rotatable bonds is 4. The molecule has 0 saturated carbocycles. The van der Waals surface area contributed by atoms with Crippen LogP contribution in [-0.2, 0) is 7.05 Å². The molecule has 202 valence electrons. The summed E-state index contributed by atoms with van der Waals surface area (Å²) in [6, 6.07) is 32.2. The van der Waals surface area contributed by atoms with Crippen molar-refractivity contribution < 1.29 is 11.7 Å². The minimum Gasteiger partial charge on any atom is -0.454 e. The molecule has 0 aliphatic heterocycles. The zero-order valence-electron chi connectivity index (χ0n) is 26.6. The lowest BCUT2D eigenvalue weighted by molar-refractivity contribution is -0.660. The fourth-order valence-electron chi connectivity index (χ4n) is 6.17. The van der Waals surface area contributed by atoms with Gasteiger partial charge in [0.15, 0.2) is 6.20 Å². The van der Waals surface area contributed by atoms with Gasteiger partial charge in [-0.2, -0.15) is 0 Å². The maximum atomic E-state index is 8.75. The van der Waals surface area contributed by atoms with Gasteiger partial charge in [-0.05, 0) is 68.8 Å². The fourth-order valence-corrected chi connectivity index (χ4v) is 6.17. The fraction of sp³-hybridized carbons (Fsp3) is 0.205. The largest absolute Gasteiger partial charge is 0.454 e. The van der Waals surface area contributed by atoms with Crippen molar-refractivity contribution in [2.75, 3.05) is 0 Å². The SMILES string of the molecule is [2H]C(C)(C)c1cc(-c2cc[n+](C)c(-c3c(C)ccc4c3oc3c4ccc4ccc5ccccc5c43)c2)cc(C([2H])(C)C)c1. The molecule has 0 bridgehead atoms. The first kappa shape index (κ1) is 23.3. The Morgan fingerprint density at radius 3 is 2.07 bits per heavy atom. The van der Waals surface area contributed by atoms with Gasteiger partial charge in [-0.25, -0.2) is 4.57 Å². The molecule has 0 atom stereocenters. The van der Waals surface area contributed by atoms with Gasteiger partial charge in [0.1, 0.15) is 18.2 Å². The number of hydrogen-bond acceptors (Lipinski definition) is 1. The number of nitrogens with zero attached hydrogens (tertiary/aromatic N) is 1. The third-order valence-corrected chi connectivity index (χ3v) is 8.55. The van der Waals surface area contributed by atoms with E-state index in [0.29, 0.717) is 0 Å². The zero-order chi connectivity index (χ0) is 30.3. The molecule has 0 saturated heterocycles. The van der Waals surface area contributed by atoms with Crippen molar-refractivity contribution in [2.24, 2.45) is 7.05 Å². The summed E-state index contributed by atoms with van der Waals surface area (Å²) >= 11 is 0. The Morgan fingerprint density at radius 2 is 1.32 bits per heavy atom. The van der Waals surface area contributed by atoms with E-state index >= 15 is 0 Å². The molecule has 2 heterocycles. The normalized spacial score (nSPS) is 13.3. The van der Waals surface area contributed by atoms with E-state index in [2.05, 4.69) is 110 Å². The van der Waals surface area contributed by atoms with E-state index in [1.165, 1.54) is 16.2 Å². The zero-order valence-corrected chi connectivity index (χ0v) is 24.6. The molecule has 0 aliphatic rings. The van der Waals surface area contributed by atoms with Crippen LogP contribution in [0.3, 0.4) is 0 Å². The minimum atomic E-state index is -0.776. The number of benzene rings is 5. The maximum Gasteiger partial charge on any atom is 0.216 e. The van der Waals surface area contributed by atoms with Crippen molar-refractivity contribution >= 4 is 43.5 Å². The van der Waals surface area contributed by atoms with E-state index in [1.54, 1.807) is 0 Å². The highest BCUT2D eigenvalue weighted by molar-refractivity contribution is 6.24. The van der Waals surface area contributed by atoms with E-state index in [-0.39, 0.29) is 0 Å². The number of furan rings is 1. The maximum absolute atomic E-state index is 8.75. The Balaban J connectivity index is 1.50. The first-order chi connectivity index (χ1) is 20.4. The average Bonchev–Trinajstić information content (AvgIpc) is 3.35. The summed E-state index contributed by atoms with van der Waals surface area (Å²) in [5.41, 5.74) is 8.95. The average molecular weight is 537 g/mol. The van der Waals surface area contributed by atoms with E-state index in [4.69, 9.17) is 7.16 Å². The van der Waals surface area contributed by atoms with E-state index in [9.17, 15) is 0 Å². The van der Waals surface area contributed by atoms with Crippen LogP contribution in [0.15, 0.2) is 102 Å². The van der Waals surface area contributed by atoms with Gasteiger partial charge in [0, 0.05) is 31.0 Å². The summed E-state index contributed by atoms with van der Waals surface area (Å²) in [7, 11) is 2.07. The number of aryl methyl sites for hydroxylation is 2. The number of pyridine rings is 1. The molecule has 0 aliphatic carbocycles. The van der Waals surface area contributed by atoms with Crippen molar-refractivity contribution in [3.05, 3.63) is 114 Å². The van der Waals surface area contributed by atoms with Crippen LogP contribution < -0.4 is 4.57 Å². The Kier molecular flexibility index (Phi) is 5.45. The second-order valence-electron chi connectivity index (χ2n) is 11.8. The van der Waals surface area contributed by atoms with Crippen LogP contribution in [0, 0.1) is 6.92 Å². The Hall–Kier alpha value is -4.43. The van der Waals surface area contributed by atoms with Gasteiger partial charge in [0.25, 0.3) is 0 Å². The molecule has 7 aromatic rings. The number of aromatic nitrogens is 1. The third kappa shape index (κ3) is 4.13. The highest BCUT2D eigenvalue weighted by Gasteiger charge is 2.23. The van der Waals surface area contributed by atoms with Crippen LogP contribution in [0.1, 0.15) is 58.9 Å². The summed E-state index contributed by atoms with van der Waals surface area (Å²) in [6.45, 7) is 9.76. The van der Waals surface area contributed by atoms with Crippen LogP contribution in [0.25, 0.3) is 65.9 Å². The van der Waals surface area contributed by atoms with Crippen LogP contribution in [-0.4, -0.2) is 0 Å². The molecule has 0 N–H and O–H groups in total. The molecule has 0 fully saturated rings. The Morgan fingerprint density at radius 1 is 0.659 bits per heavy atom. The van der Waals surface area contributed by atoms with Gasteiger partial charge >= 0.3 is 0 Å². The molecule has 0 spiro atoms. The quantitative estimate of drug-likeness (QED) is 0.161. The predicted molar refractivity (Wildman–Crippen MR) is 174 cm³/mol. The lowest BCUT2D eigenvalue weighted by Gasteiger charge is -2.15. The molecule has 5 aromatic carbocycles. The molecule has 0 radical (unpaired) electrons. The van der Waals surface area contributed by atoms with Gasteiger partial charge in [0.05, 0.1) is 5.56 Å². The van der Waals surface area contributed by atoms with E-state index in [1.807, 2.05) is 33.8 Å². The summed E-state index contributed by atoms with van der Waals surface area (Å²) in [6.07, 6.45) is 2.10. The second-order valence-corrected chi connectivity index (χ2v) is 11.8. The topological polar surface area (TPSA) is 17.0 Å². The lowest BCUT2D eigenvalue weighted by Crippen LogP contribution is -2.30. The monoisotopic (exact) mass is 536 g/mol. The highest BCUT2D eigenvalue weighted by atomic mass is 16.3. The lowest BCUT2D eigenvalue weighted by atomic mass is 9.90. The predicted octanol–water partition coefficient (Wildman–Crippen LogP) is 10.6. The summed E-state index contributed by atoms with van der Waals surface area (Å²) in [5.74, 6) is -1.55. The molecule has 0 amide bonds. The molecule has 7 rings (SSSR count). The van der Waals surface area contributed by atoms with Gasteiger partial charge in [-0.1, -0.05) is 100 Å². The van der Waals surface area contributed by atoms with E-state index < -0.39 is 11.8 Å². The van der Waals surface area contributed by atoms with E-state index in [0.717, 1.165) is 66.4 Å². The van der Waals surface area contributed by atoms with Crippen LogP contribution in [0.2, 0.25) is 0 Å². The Bertz CT molecular complexity index is 2200. The van der Waals surface area contributed by atoms with Crippen molar-refractivity contribution in [2.45, 2.75) is 46.4 Å². The smallest absolute Gasteiger partial charge is 0.216 e. The minimum absolute atomic E-state index is 0.776.